The molecule has 2 aromatic heterocycles. The summed E-state index contributed by atoms with van der Waals surface area (Å²) >= 11 is 1.54. The topological polar surface area (TPSA) is 71.8 Å². The number of carbonyl (C=O) groups excluding carboxylic acids is 1. The number of thiazole rings is 1. The summed E-state index contributed by atoms with van der Waals surface area (Å²) in [6.45, 7) is 1.23. The molecule has 0 saturated carbocycles. The van der Waals surface area contributed by atoms with Gasteiger partial charge in [0.15, 0.2) is 0 Å². The molecule has 0 saturated heterocycles. The third-order valence-electron chi connectivity index (χ3n) is 3.68. The molecule has 130 valence electrons. The van der Waals surface area contributed by atoms with Gasteiger partial charge in [-0.3, -0.25) is 0 Å². The van der Waals surface area contributed by atoms with E-state index < -0.39 is 0 Å². The van der Waals surface area contributed by atoms with Crippen molar-refractivity contribution in [2.75, 3.05) is 13.1 Å². The third-order valence-corrected chi connectivity index (χ3v) is 4.56. The SMILES string of the molecule is O=C(NCCCc1ccccc1)NCCc1csc(-n2cccn2)n1. The van der Waals surface area contributed by atoms with Gasteiger partial charge in [-0.15, -0.1) is 11.3 Å². The minimum absolute atomic E-state index is 0.129. The van der Waals surface area contributed by atoms with Crippen molar-refractivity contribution >= 4 is 17.4 Å². The molecular formula is C18H21N5OS. The summed E-state index contributed by atoms with van der Waals surface area (Å²) < 4.78 is 1.74. The van der Waals surface area contributed by atoms with E-state index >= 15 is 0 Å². The highest BCUT2D eigenvalue weighted by Crippen LogP contribution is 2.13. The summed E-state index contributed by atoms with van der Waals surface area (Å²) in [6.07, 6.45) is 6.19. The van der Waals surface area contributed by atoms with Crippen LogP contribution in [0.25, 0.3) is 5.13 Å². The van der Waals surface area contributed by atoms with Gasteiger partial charge in [0.05, 0.1) is 5.69 Å². The van der Waals surface area contributed by atoms with E-state index in [-0.39, 0.29) is 6.03 Å². The number of hydrogen-bond donors (Lipinski definition) is 2. The first-order chi connectivity index (χ1) is 12.3. The van der Waals surface area contributed by atoms with Crippen LogP contribution < -0.4 is 10.6 Å². The predicted molar refractivity (Wildman–Crippen MR) is 99.1 cm³/mol. The zero-order chi connectivity index (χ0) is 17.3. The molecule has 25 heavy (non-hydrogen) atoms. The van der Waals surface area contributed by atoms with Crippen molar-refractivity contribution in [3.8, 4) is 5.13 Å². The van der Waals surface area contributed by atoms with Crippen molar-refractivity contribution in [1.82, 2.24) is 25.4 Å². The Morgan fingerprint density at radius 1 is 1.08 bits per heavy atom. The Balaban J connectivity index is 1.30. The summed E-state index contributed by atoms with van der Waals surface area (Å²) in [5, 5.41) is 12.7. The number of rotatable bonds is 8. The van der Waals surface area contributed by atoms with E-state index in [0.717, 1.165) is 23.7 Å². The zero-order valence-electron chi connectivity index (χ0n) is 13.9. The fourth-order valence-corrected chi connectivity index (χ4v) is 3.20. The van der Waals surface area contributed by atoms with E-state index in [2.05, 4.69) is 32.8 Å². The zero-order valence-corrected chi connectivity index (χ0v) is 14.7. The molecule has 0 bridgehead atoms. The van der Waals surface area contributed by atoms with Crippen LogP contribution in [0, 0.1) is 0 Å². The highest BCUT2D eigenvalue weighted by Gasteiger charge is 2.05. The second kappa shape index (κ2) is 8.98. The Bertz CT molecular complexity index is 770. The van der Waals surface area contributed by atoms with Crippen molar-refractivity contribution in [2.45, 2.75) is 19.3 Å². The molecule has 1 aromatic carbocycles. The third kappa shape index (κ3) is 5.42. The van der Waals surface area contributed by atoms with Gasteiger partial charge in [0.1, 0.15) is 0 Å². The van der Waals surface area contributed by atoms with Crippen molar-refractivity contribution in [1.29, 1.82) is 0 Å². The minimum Gasteiger partial charge on any atom is -0.338 e. The Kier molecular flexibility index (Phi) is 6.17. The van der Waals surface area contributed by atoms with Crippen LogP contribution in [0.3, 0.4) is 0 Å². The number of amides is 2. The highest BCUT2D eigenvalue weighted by atomic mass is 32.1. The van der Waals surface area contributed by atoms with Crippen molar-refractivity contribution in [3.63, 3.8) is 0 Å². The van der Waals surface area contributed by atoms with Crippen LogP contribution in [0.15, 0.2) is 54.2 Å². The molecule has 3 aromatic rings. The van der Waals surface area contributed by atoms with Crippen LogP contribution in [0.4, 0.5) is 4.79 Å². The molecule has 0 aliphatic carbocycles. The van der Waals surface area contributed by atoms with Crippen LogP contribution in [0.2, 0.25) is 0 Å². The quantitative estimate of drug-likeness (QED) is 0.610. The number of urea groups is 1. The Morgan fingerprint density at radius 2 is 1.92 bits per heavy atom. The van der Waals surface area contributed by atoms with Gasteiger partial charge in [-0.05, 0) is 24.5 Å². The molecule has 2 amide bonds. The van der Waals surface area contributed by atoms with Gasteiger partial charge in [-0.2, -0.15) is 5.10 Å². The van der Waals surface area contributed by atoms with Gasteiger partial charge in [0.25, 0.3) is 0 Å². The second-order valence-electron chi connectivity index (χ2n) is 5.59. The number of benzene rings is 1. The molecule has 0 atom stereocenters. The van der Waals surface area contributed by atoms with Crippen LogP contribution in [-0.2, 0) is 12.8 Å². The van der Waals surface area contributed by atoms with E-state index in [1.54, 1.807) is 22.2 Å². The standard InChI is InChI=1S/C18H21N5OS/c24-17(19-10-4-8-15-6-2-1-3-7-15)20-12-9-16-14-25-18(22-16)23-13-5-11-21-23/h1-3,5-7,11,13-14H,4,8-10,12H2,(H2,19,20,24). The van der Waals surface area contributed by atoms with Gasteiger partial charge in [-0.1, -0.05) is 30.3 Å². The number of hydrogen-bond acceptors (Lipinski definition) is 4. The molecule has 0 fully saturated rings. The Labute approximate surface area is 150 Å². The van der Waals surface area contributed by atoms with Gasteiger partial charge >= 0.3 is 6.03 Å². The minimum atomic E-state index is -0.129. The molecule has 0 radical (unpaired) electrons. The number of nitrogens with zero attached hydrogens (tertiary/aromatic N) is 3. The van der Waals surface area contributed by atoms with Crippen molar-refractivity contribution in [3.05, 3.63) is 65.4 Å². The van der Waals surface area contributed by atoms with Crippen molar-refractivity contribution < 1.29 is 4.79 Å². The monoisotopic (exact) mass is 355 g/mol. The first kappa shape index (κ1) is 17.2. The van der Waals surface area contributed by atoms with Gasteiger partial charge in [-0.25, -0.2) is 14.5 Å². The average Bonchev–Trinajstić information content (AvgIpc) is 3.31. The van der Waals surface area contributed by atoms with E-state index in [0.29, 0.717) is 19.5 Å². The normalized spacial score (nSPS) is 10.6. The van der Waals surface area contributed by atoms with E-state index in [9.17, 15) is 4.79 Å². The summed E-state index contributed by atoms with van der Waals surface area (Å²) in [7, 11) is 0. The lowest BCUT2D eigenvalue weighted by Crippen LogP contribution is -2.37. The average molecular weight is 355 g/mol. The largest absolute Gasteiger partial charge is 0.338 e. The molecular weight excluding hydrogens is 334 g/mol. The number of carbonyl (C=O) groups is 1. The van der Waals surface area contributed by atoms with Crippen LogP contribution in [-0.4, -0.2) is 33.9 Å². The summed E-state index contributed by atoms with van der Waals surface area (Å²) in [4.78, 5) is 16.3. The molecule has 0 aliphatic rings. The molecule has 6 nitrogen and oxygen atoms in total. The summed E-state index contributed by atoms with van der Waals surface area (Å²) in [5.74, 6) is 0. The first-order valence-electron chi connectivity index (χ1n) is 8.31. The van der Waals surface area contributed by atoms with E-state index in [1.807, 2.05) is 35.8 Å². The van der Waals surface area contributed by atoms with Crippen LogP contribution >= 0.6 is 11.3 Å². The van der Waals surface area contributed by atoms with Crippen molar-refractivity contribution in [2.24, 2.45) is 0 Å². The molecule has 7 heteroatoms. The molecule has 0 spiro atoms. The van der Waals surface area contributed by atoms with Crippen LogP contribution in [0.5, 0.6) is 0 Å². The highest BCUT2D eigenvalue weighted by molar-refractivity contribution is 7.12. The van der Waals surface area contributed by atoms with E-state index in [1.165, 1.54) is 5.56 Å². The lowest BCUT2D eigenvalue weighted by molar-refractivity contribution is 0.241. The fourth-order valence-electron chi connectivity index (χ4n) is 2.40. The molecule has 2 N–H and O–H groups in total. The number of aryl methyl sites for hydroxylation is 1. The van der Waals surface area contributed by atoms with Gasteiger partial charge in [0.2, 0.25) is 5.13 Å². The lowest BCUT2D eigenvalue weighted by atomic mass is 10.1. The number of nitrogens with one attached hydrogen (secondary N) is 2. The predicted octanol–water partition coefficient (Wildman–Crippen LogP) is 2.80. The maximum atomic E-state index is 11.8. The second-order valence-corrected chi connectivity index (χ2v) is 6.43. The maximum absolute atomic E-state index is 11.8. The first-order valence-corrected chi connectivity index (χ1v) is 9.19. The Hall–Kier alpha value is -2.67. The summed E-state index contributed by atoms with van der Waals surface area (Å²) in [6, 6.07) is 12.0. The molecule has 0 unspecified atom stereocenters. The van der Waals surface area contributed by atoms with E-state index in [4.69, 9.17) is 0 Å². The fraction of sp³-hybridized carbons (Fsp3) is 0.278. The molecule has 0 aliphatic heterocycles. The van der Waals surface area contributed by atoms with Gasteiger partial charge in [0, 0.05) is 37.3 Å². The maximum Gasteiger partial charge on any atom is 0.314 e. The van der Waals surface area contributed by atoms with Gasteiger partial charge < -0.3 is 10.6 Å². The lowest BCUT2D eigenvalue weighted by Gasteiger charge is -2.07. The molecule has 3 rings (SSSR count). The Morgan fingerprint density at radius 3 is 2.72 bits per heavy atom. The molecule has 2 heterocycles. The summed E-state index contributed by atoms with van der Waals surface area (Å²) in [5.41, 5.74) is 2.25. The number of aromatic nitrogens is 3. The smallest absolute Gasteiger partial charge is 0.314 e. The van der Waals surface area contributed by atoms with Crippen LogP contribution in [0.1, 0.15) is 17.7 Å².